The van der Waals surface area contributed by atoms with Crippen LogP contribution in [-0.2, 0) is 27.4 Å². The molecule has 1 spiro atoms. The van der Waals surface area contributed by atoms with E-state index in [0.717, 1.165) is 12.8 Å². The largest absolute Gasteiger partial charge is 0.496 e. The van der Waals surface area contributed by atoms with Crippen molar-refractivity contribution < 1.29 is 28.7 Å². The van der Waals surface area contributed by atoms with Crippen LogP contribution in [0.3, 0.4) is 0 Å². The number of alkyl carbamates (subject to hydrolysis) is 1. The van der Waals surface area contributed by atoms with E-state index in [1.165, 1.54) is 31.3 Å². The van der Waals surface area contributed by atoms with Crippen molar-refractivity contribution in [1.82, 2.24) is 15.5 Å². The van der Waals surface area contributed by atoms with Crippen LogP contribution in [0.15, 0.2) is 12.1 Å². The van der Waals surface area contributed by atoms with E-state index in [1.807, 2.05) is 0 Å². The third-order valence-electron chi connectivity index (χ3n) is 7.64. The van der Waals surface area contributed by atoms with Gasteiger partial charge in [0.2, 0.25) is 11.8 Å². The summed E-state index contributed by atoms with van der Waals surface area (Å²) in [6.45, 7) is 0.880. The normalized spacial score (nSPS) is 23.5. The van der Waals surface area contributed by atoms with Crippen molar-refractivity contribution in [2.45, 2.75) is 64.1 Å². The Labute approximate surface area is 192 Å². The standard InChI is InChI=1S/C24H29N3O6/c1-32-19-8-14(11-25-23(31)33-13-15-9-24(10-15)5-2-6-24)7-16-17(19)12-27(22(16)30)18-3-4-20(28)26-21(18)29/h7-8,15,18H,2-6,9-13H2,1H3,(H,25,31)(H,26,28,29). The summed E-state index contributed by atoms with van der Waals surface area (Å²) in [5.74, 6) is -0.0611. The summed E-state index contributed by atoms with van der Waals surface area (Å²) in [5, 5.41) is 5.05. The Morgan fingerprint density at radius 3 is 2.70 bits per heavy atom. The van der Waals surface area contributed by atoms with E-state index in [9.17, 15) is 19.2 Å². The van der Waals surface area contributed by atoms with E-state index in [2.05, 4.69) is 10.6 Å². The molecule has 2 aliphatic carbocycles. The summed E-state index contributed by atoms with van der Waals surface area (Å²) in [7, 11) is 1.52. The van der Waals surface area contributed by atoms with Gasteiger partial charge in [-0.25, -0.2) is 4.79 Å². The molecule has 5 rings (SSSR count). The van der Waals surface area contributed by atoms with E-state index in [4.69, 9.17) is 9.47 Å². The van der Waals surface area contributed by atoms with Gasteiger partial charge in [-0.3, -0.25) is 19.7 Å². The third-order valence-corrected chi connectivity index (χ3v) is 7.64. The van der Waals surface area contributed by atoms with Crippen LogP contribution in [0.4, 0.5) is 4.79 Å². The fourth-order valence-electron chi connectivity index (χ4n) is 5.76. The number of carbonyl (C=O) groups excluding carboxylic acids is 4. The highest BCUT2D eigenvalue weighted by atomic mass is 16.5. The molecule has 33 heavy (non-hydrogen) atoms. The van der Waals surface area contributed by atoms with Gasteiger partial charge in [-0.15, -0.1) is 0 Å². The van der Waals surface area contributed by atoms with Crippen molar-refractivity contribution in [2.24, 2.45) is 11.3 Å². The highest BCUT2D eigenvalue weighted by Gasteiger charge is 2.48. The zero-order valence-electron chi connectivity index (χ0n) is 18.8. The molecule has 2 heterocycles. The van der Waals surface area contributed by atoms with Crippen molar-refractivity contribution in [3.8, 4) is 5.75 Å². The third kappa shape index (κ3) is 4.05. The second-order valence-electron chi connectivity index (χ2n) is 9.80. The first-order chi connectivity index (χ1) is 15.9. The van der Waals surface area contributed by atoms with Crippen molar-refractivity contribution in [1.29, 1.82) is 0 Å². The number of hydrogen-bond acceptors (Lipinski definition) is 6. The van der Waals surface area contributed by atoms with Crippen LogP contribution in [0.2, 0.25) is 0 Å². The van der Waals surface area contributed by atoms with Crippen molar-refractivity contribution >= 4 is 23.8 Å². The number of ether oxygens (including phenoxy) is 2. The smallest absolute Gasteiger partial charge is 0.407 e. The molecule has 1 unspecified atom stereocenters. The minimum absolute atomic E-state index is 0.197. The van der Waals surface area contributed by atoms with E-state index < -0.39 is 18.0 Å². The Morgan fingerprint density at radius 1 is 1.24 bits per heavy atom. The number of methoxy groups -OCH3 is 1. The Kier molecular flexibility index (Phi) is 5.50. The van der Waals surface area contributed by atoms with Gasteiger partial charge in [-0.1, -0.05) is 6.42 Å². The van der Waals surface area contributed by atoms with Crippen LogP contribution in [0.25, 0.3) is 0 Å². The quantitative estimate of drug-likeness (QED) is 0.636. The first kappa shape index (κ1) is 21.7. The van der Waals surface area contributed by atoms with E-state index in [0.29, 0.717) is 46.8 Å². The molecule has 2 saturated carbocycles. The second-order valence-corrected chi connectivity index (χ2v) is 9.80. The Balaban J connectivity index is 1.19. The zero-order valence-corrected chi connectivity index (χ0v) is 18.8. The lowest BCUT2D eigenvalue weighted by molar-refractivity contribution is -0.136. The molecular formula is C24H29N3O6. The van der Waals surface area contributed by atoms with E-state index in [-0.39, 0.29) is 31.3 Å². The summed E-state index contributed by atoms with van der Waals surface area (Å²) in [4.78, 5) is 50.4. The van der Waals surface area contributed by atoms with Crippen LogP contribution in [-0.4, -0.2) is 48.5 Å². The van der Waals surface area contributed by atoms with Gasteiger partial charge in [0.05, 0.1) is 20.3 Å². The van der Waals surface area contributed by atoms with Gasteiger partial charge >= 0.3 is 6.09 Å². The van der Waals surface area contributed by atoms with Crippen molar-refractivity contribution in [2.75, 3.05) is 13.7 Å². The maximum Gasteiger partial charge on any atom is 0.407 e. The lowest BCUT2D eigenvalue weighted by Crippen LogP contribution is -2.52. The Morgan fingerprint density at radius 2 is 2.03 bits per heavy atom. The first-order valence-electron chi connectivity index (χ1n) is 11.6. The average Bonchev–Trinajstić information content (AvgIpc) is 3.06. The number of benzene rings is 1. The molecule has 176 valence electrons. The second kappa shape index (κ2) is 8.35. The van der Waals surface area contributed by atoms with E-state index in [1.54, 1.807) is 12.1 Å². The molecule has 3 fully saturated rings. The molecule has 1 atom stereocenters. The monoisotopic (exact) mass is 455 g/mol. The molecular weight excluding hydrogens is 426 g/mol. The van der Waals surface area contributed by atoms with Gasteiger partial charge < -0.3 is 19.7 Å². The van der Waals surface area contributed by atoms with Gasteiger partial charge in [0.25, 0.3) is 5.91 Å². The number of rotatable bonds is 6. The summed E-state index contributed by atoms with van der Waals surface area (Å²) < 4.78 is 10.9. The summed E-state index contributed by atoms with van der Waals surface area (Å²) in [6.07, 6.45) is 6.31. The van der Waals surface area contributed by atoms with Gasteiger partial charge in [0, 0.05) is 24.1 Å². The number of imide groups is 1. The number of nitrogens with one attached hydrogen (secondary N) is 2. The Hall–Kier alpha value is -3.10. The predicted octanol–water partition coefficient (Wildman–Crippen LogP) is 2.26. The number of amides is 4. The minimum atomic E-state index is -0.686. The molecule has 4 amide bonds. The molecule has 1 saturated heterocycles. The average molecular weight is 456 g/mol. The molecule has 9 nitrogen and oxygen atoms in total. The lowest BCUT2D eigenvalue weighted by Gasteiger charge is -2.54. The Bertz CT molecular complexity index is 1010. The molecule has 1 aromatic carbocycles. The topological polar surface area (TPSA) is 114 Å². The number of fused-ring (bicyclic) bond motifs is 1. The summed E-state index contributed by atoms with van der Waals surface area (Å²) >= 11 is 0. The molecule has 2 aliphatic heterocycles. The highest BCUT2D eigenvalue weighted by molar-refractivity contribution is 6.05. The summed E-state index contributed by atoms with van der Waals surface area (Å²) in [5.41, 5.74) is 2.41. The fraction of sp³-hybridized carbons (Fsp3) is 0.583. The van der Waals surface area contributed by atoms with Crippen LogP contribution >= 0.6 is 0 Å². The number of piperidine rings is 1. The van der Waals surface area contributed by atoms with Crippen LogP contribution in [0.5, 0.6) is 5.75 Å². The molecule has 0 bridgehead atoms. The molecule has 1 aromatic rings. The molecule has 0 aromatic heterocycles. The zero-order chi connectivity index (χ0) is 23.2. The molecule has 4 aliphatic rings. The minimum Gasteiger partial charge on any atom is -0.496 e. The molecule has 9 heteroatoms. The van der Waals surface area contributed by atoms with Gasteiger partial charge in [-0.2, -0.15) is 0 Å². The number of nitrogens with zero attached hydrogens (tertiary/aromatic N) is 1. The van der Waals surface area contributed by atoms with Crippen LogP contribution < -0.4 is 15.4 Å². The van der Waals surface area contributed by atoms with Gasteiger partial charge in [-0.05, 0) is 61.1 Å². The van der Waals surface area contributed by atoms with Gasteiger partial charge in [0.15, 0.2) is 0 Å². The van der Waals surface area contributed by atoms with Crippen LogP contribution in [0.1, 0.15) is 66.4 Å². The predicted molar refractivity (Wildman–Crippen MR) is 116 cm³/mol. The number of hydrogen-bond donors (Lipinski definition) is 2. The highest BCUT2D eigenvalue weighted by Crippen LogP contribution is 2.58. The SMILES string of the molecule is COc1cc(CNC(=O)OCC2CC3(CCC3)C2)cc2c1CN(C1CCC(=O)NC1=O)C2=O. The van der Waals surface area contributed by atoms with Crippen molar-refractivity contribution in [3.63, 3.8) is 0 Å². The van der Waals surface area contributed by atoms with Crippen LogP contribution in [0, 0.1) is 11.3 Å². The van der Waals surface area contributed by atoms with Crippen molar-refractivity contribution in [3.05, 3.63) is 28.8 Å². The lowest BCUT2D eigenvalue weighted by atomic mass is 9.52. The maximum atomic E-state index is 13.1. The molecule has 0 radical (unpaired) electrons. The maximum absolute atomic E-state index is 13.1. The first-order valence-corrected chi connectivity index (χ1v) is 11.6. The number of carbonyl (C=O) groups is 4. The summed E-state index contributed by atoms with van der Waals surface area (Å²) in [6, 6.07) is 2.82. The fourth-order valence-corrected chi connectivity index (χ4v) is 5.76. The molecule has 2 N–H and O–H groups in total. The van der Waals surface area contributed by atoms with E-state index >= 15 is 0 Å². The van der Waals surface area contributed by atoms with Gasteiger partial charge in [0.1, 0.15) is 11.8 Å².